The van der Waals surface area contributed by atoms with Gasteiger partial charge in [0.1, 0.15) is 12.2 Å². The number of aliphatic hydroxyl groups is 2. The molecule has 0 amide bonds. The van der Waals surface area contributed by atoms with Crippen LogP contribution < -0.4 is 0 Å². The fraction of sp³-hybridized carbons (Fsp3) is 0.667. The van der Waals surface area contributed by atoms with Gasteiger partial charge in [0.05, 0.1) is 12.2 Å². The second-order valence-corrected chi connectivity index (χ2v) is 3.49. The molecule has 0 radical (unpaired) electrons. The van der Waals surface area contributed by atoms with E-state index in [4.69, 9.17) is 4.74 Å². The lowest BCUT2D eigenvalue weighted by atomic mass is 10.1. The van der Waals surface area contributed by atoms with E-state index in [-0.39, 0.29) is 0 Å². The van der Waals surface area contributed by atoms with E-state index in [1.54, 1.807) is 12.2 Å². The van der Waals surface area contributed by atoms with Crippen LogP contribution in [0.4, 0.5) is 0 Å². The van der Waals surface area contributed by atoms with Crippen molar-refractivity contribution in [3.8, 4) is 0 Å². The fourth-order valence-electron chi connectivity index (χ4n) is 1.25. The summed E-state index contributed by atoms with van der Waals surface area (Å²) in [5.74, 6) is 0. The molecule has 0 aliphatic carbocycles. The molecule has 0 saturated heterocycles. The van der Waals surface area contributed by atoms with Gasteiger partial charge in [-0.25, -0.2) is 0 Å². The molecule has 0 aromatic carbocycles. The minimum atomic E-state index is -0.589. The smallest absolute Gasteiger partial charge is 0.102 e. The summed E-state index contributed by atoms with van der Waals surface area (Å²) in [7, 11) is 0. The largest absolute Gasteiger partial charge is 0.390 e. The topological polar surface area (TPSA) is 49.7 Å². The molecule has 4 atom stereocenters. The normalized spacial score (nSPS) is 18.9. The minimum absolute atomic E-state index is 0.459. The number of aliphatic hydroxyl groups excluding tert-OH is 2. The maximum atomic E-state index is 9.60. The van der Waals surface area contributed by atoms with E-state index in [2.05, 4.69) is 13.2 Å². The van der Waals surface area contributed by atoms with E-state index < -0.39 is 24.4 Å². The second-order valence-electron chi connectivity index (χ2n) is 3.49. The van der Waals surface area contributed by atoms with E-state index in [0.717, 1.165) is 0 Å². The van der Waals surface area contributed by atoms with Crippen molar-refractivity contribution in [2.24, 2.45) is 0 Å². The highest BCUT2D eigenvalue weighted by atomic mass is 16.5. The van der Waals surface area contributed by atoms with E-state index in [1.807, 2.05) is 13.8 Å². The van der Waals surface area contributed by atoms with Gasteiger partial charge < -0.3 is 14.9 Å². The number of ether oxygens (including phenoxy) is 1. The first-order valence-electron chi connectivity index (χ1n) is 5.37. The van der Waals surface area contributed by atoms with Crippen LogP contribution in [0.25, 0.3) is 0 Å². The SMILES string of the molecule is C=CC(OC(C=C)C(O)CC)C(O)CC. The highest BCUT2D eigenvalue weighted by Crippen LogP contribution is 2.12. The first kappa shape index (κ1) is 14.4. The lowest BCUT2D eigenvalue weighted by molar-refractivity contribution is -0.0781. The fourth-order valence-corrected chi connectivity index (χ4v) is 1.25. The third-order valence-corrected chi connectivity index (χ3v) is 2.37. The van der Waals surface area contributed by atoms with Crippen LogP contribution in [0, 0.1) is 0 Å². The Morgan fingerprint density at radius 1 is 1.00 bits per heavy atom. The van der Waals surface area contributed by atoms with Gasteiger partial charge in [0, 0.05) is 0 Å². The van der Waals surface area contributed by atoms with Crippen molar-refractivity contribution in [3.05, 3.63) is 25.3 Å². The average molecular weight is 214 g/mol. The summed E-state index contributed by atoms with van der Waals surface area (Å²) < 4.78 is 5.52. The zero-order valence-electron chi connectivity index (χ0n) is 9.60. The minimum Gasteiger partial charge on any atom is -0.390 e. The lowest BCUT2D eigenvalue weighted by Crippen LogP contribution is -2.35. The highest BCUT2D eigenvalue weighted by Gasteiger charge is 2.22. The van der Waals surface area contributed by atoms with Crippen LogP contribution in [0.15, 0.2) is 25.3 Å². The van der Waals surface area contributed by atoms with Gasteiger partial charge in [-0.15, -0.1) is 13.2 Å². The van der Waals surface area contributed by atoms with Crippen LogP contribution in [0.3, 0.4) is 0 Å². The maximum absolute atomic E-state index is 9.60. The summed E-state index contributed by atoms with van der Waals surface area (Å²) >= 11 is 0. The van der Waals surface area contributed by atoms with Crippen LogP contribution in [0.2, 0.25) is 0 Å². The van der Waals surface area contributed by atoms with Crippen molar-refractivity contribution in [2.45, 2.75) is 51.1 Å². The Balaban J connectivity index is 4.36. The Hall–Kier alpha value is -0.640. The monoisotopic (exact) mass is 214 g/mol. The second kappa shape index (κ2) is 7.63. The summed E-state index contributed by atoms with van der Waals surface area (Å²) in [6.07, 6.45) is 2.17. The van der Waals surface area contributed by atoms with Crippen molar-refractivity contribution in [1.29, 1.82) is 0 Å². The lowest BCUT2D eigenvalue weighted by Gasteiger charge is -2.26. The van der Waals surface area contributed by atoms with Crippen LogP contribution >= 0.6 is 0 Å². The Morgan fingerprint density at radius 2 is 1.33 bits per heavy atom. The van der Waals surface area contributed by atoms with Crippen molar-refractivity contribution in [1.82, 2.24) is 0 Å². The van der Waals surface area contributed by atoms with E-state index in [1.165, 1.54) is 0 Å². The molecule has 0 aliphatic rings. The molecule has 0 bridgehead atoms. The third-order valence-electron chi connectivity index (χ3n) is 2.37. The van der Waals surface area contributed by atoms with E-state index in [0.29, 0.717) is 12.8 Å². The quantitative estimate of drug-likeness (QED) is 0.604. The Bertz CT molecular complexity index is 171. The molecule has 15 heavy (non-hydrogen) atoms. The Kier molecular flexibility index (Phi) is 7.30. The predicted octanol–water partition coefficient (Wildman–Crippen LogP) is 1.65. The van der Waals surface area contributed by atoms with Gasteiger partial charge in [-0.05, 0) is 12.8 Å². The molecular weight excluding hydrogens is 192 g/mol. The number of rotatable bonds is 8. The molecule has 0 spiro atoms. The van der Waals surface area contributed by atoms with Gasteiger partial charge in [0.15, 0.2) is 0 Å². The molecule has 0 aromatic rings. The van der Waals surface area contributed by atoms with E-state index >= 15 is 0 Å². The van der Waals surface area contributed by atoms with Gasteiger partial charge in [-0.3, -0.25) is 0 Å². The average Bonchev–Trinajstić information content (AvgIpc) is 2.28. The summed E-state index contributed by atoms with van der Waals surface area (Å²) in [6.45, 7) is 10.9. The first-order valence-corrected chi connectivity index (χ1v) is 5.37. The van der Waals surface area contributed by atoms with Gasteiger partial charge in [-0.1, -0.05) is 26.0 Å². The van der Waals surface area contributed by atoms with Crippen LogP contribution in [-0.4, -0.2) is 34.6 Å². The highest BCUT2D eigenvalue weighted by molar-refractivity contribution is 4.92. The van der Waals surface area contributed by atoms with Gasteiger partial charge in [0.2, 0.25) is 0 Å². The van der Waals surface area contributed by atoms with E-state index in [9.17, 15) is 10.2 Å². The molecule has 88 valence electrons. The number of hydrogen-bond acceptors (Lipinski definition) is 3. The zero-order valence-corrected chi connectivity index (χ0v) is 9.60. The molecule has 0 aromatic heterocycles. The first-order chi connectivity index (χ1) is 7.10. The summed E-state index contributed by atoms with van der Waals surface area (Å²) in [4.78, 5) is 0. The molecule has 0 fully saturated rings. The maximum Gasteiger partial charge on any atom is 0.102 e. The summed E-state index contributed by atoms with van der Waals surface area (Å²) in [5.41, 5.74) is 0. The predicted molar refractivity (Wildman–Crippen MR) is 61.7 cm³/mol. The Labute approximate surface area is 92.1 Å². The molecule has 4 unspecified atom stereocenters. The molecular formula is C12H22O3. The van der Waals surface area contributed by atoms with Crippen molar-refractivity contribution < 1.29 is 14.9 Å². The standard InChI is InChI=1S/C12H22O3/c1-5-9(13)11(7-3)15-12(8-4)10(14)6-2/h7-14H,3-6H2,1-2H3. The van der Waals surface area contributed by atoms with Crippen molar-refractivity contribution >= 4 is 0 Å². The Morgan fingerprint density at radius 3 is 1.53 bits per heavy atom. The molecule has 3 nitrogen and oxygen atoms in total. The number of hydrogen-bond donors (Lipinski definition) is 2. The van der Waals surface area contributed by atoms with Crippen molar-refractivity contribution in [2.75, 3.05) is 0 Å². The molecule has 2 N–H and O–H groups in total. The van der Waals surface area contributed by atoms with Crippen LogP contribution in [0.5, 0.6) is 0 Å². The summed E-state index contributed by atoms with van der Waals surface area (Å²) in [6, 6.07) is 0. The van der Waals surface area contributed by atoms with Gasteiger partial charge in [-0.2, -0.15) is 0 Å². The molecule has 3 heteroatoms. The molecule has 0 aliphatic heterocycles. The molecule has 0 saturated carbocycles. The van der Waals surface area contributed by atoms with Crippen molar-refractivity contribution in [3.63, 3.8) is 0 Å². The summed E-state index contributed by atoms with van der Waals surface area (Å²) in [5, 5.41) is 19.2. The molecule has 0 heterocycles. The van der Waals surface area contributed by atoms with Gasteiger partial charge >= 0.3 is 0 Å². The van der Waals surface area contributed by atoms with Crippen LogP contribution in [0.1, 0.15) is 26.7 Å². The van der Waals surface area contributed by atoms with Gasteiger partial charge in [0.25, 0.3) is 0 Å². The molecule has 0 rings (SSSR count). The van der Waals surface area contributed by atoms with Crippen LogP contribution in [-0.2, 0) is 4.74 Å². The zero-order chi connectivity index (χ0) is 11.8. The third kappa shape index (κ3) is 4.60.